The van der Waals surface area contributed by atoms with E-state index in [9.17, 15) is 4.79 Å². The molecule has 0 bridgehead atoms. The second-order valence-electron chi connectivity index (χ2n) is 4.36. The zero-order chi connectivity index (χ0) is 13.5. The van der Waals surface area contributed by atoms with Crippen LogP contribution >= 0.6 is 0 Å². The summed E-state index contributed by atoms with van der Waals surface area (Å²) in [4.78, 5) is 11.3. The van der Waals surface area contributed by atoms with E-state index in [1.165, 1.54) is 0 Å². The number of fused-ring (bicyclic) bond motifs is 1. The van der Waals surface area contributed by atoms with Gasteiger partial charge in [0.25, 0.3) is 0 Å². The minimum absolute atomic E-state index is 0.0807. The van der Waals surface area contributed by atoms with Gasteiger partial charge in [-0.1, -0.05) is 6.07 Å². The Bertz CT molecular complexity index is 435. The lowest BCUT2D eigenvalue weighted by molar-refractivity contribution is -0.120. The Kier molecular flexibility index (Phi) is 5.03. The quantitative estimate of drug-likeness (QED) is 0.755. The molecule has 1 aliphatic rings. The average Bonchev–Trinajstić information content (AvgIpc) is 2.44. The third kappa shape index (κ3) is 4.13. The molecular formula is C14H20N2O3. The van der Waals surface area contributed by atoms with Gasteiger partial charge in [0.05, 0.1) is 0 Å². The number of benzene rings is 1. The van der Waals surface area contributed by atoms with Crippen LogP contribution in [0.5, 0.6) is 11.5 Å². The van der Waals surface area contributed by atoms with Crippen LogP contribution in [-0.4, -0.2) is 32.2 Å². The molecule has 104 valence electrons. The summed E-state index contributed by atoms with van der Waals surface area (Å²) in [6.07, 6.45) is 0.498. The first-order valence-corrected chi connectivity index (χ1v) is 6.65. The molecule has 0 atom stereocenters. The van der Waals surface area contributed by atoms with Crippen molar-refractivity contribution < 1.29 is 14.3 Å². The highest BCUT2D eigenvalue weighted by Crippen LogP contribution is 2.30. The predicted molar refractivity (Wildman–Crippen MR) is 72.4 cm³/mol. The highest BCUT2D eigenvalue weighted by Gasteiger charge is 2.11. The van der Waals surface area contributed by atoms with Crippen molar-refractivity contribution in [3.8, 4) is 11.5 Å². The van der Waals surface area contributed by atoms with Crippen molar-refractivity contribution in [2.45, 2.75) is 19.9 Å². The summed E-state index contributed by atoms with van der Waals surface area (Å²) in [6.45, 7) is 5.19. The Balaban J connectivity index is 1.75. The smallest absolute Gasteiger partial charge is 0.221 e. The van der Waals surface area contributed by atoms with Gasteiger partial charge in [-0.15, -0.1) is 0 Å². The molecular weight excluding hydrogens is 244 g/mol. The van der Waals surface area contributed by atoms with Gasteiger partial charge in [0.2, 0.25) is 5.91 Å². The lowest BCUT2D eigenvalue weighted by Crippen LogP contribution is -2.27. The summed E-state index contributed by atoms with van der Waals surface area (Å²) in [5.74, 6) is 1.68. The first-order valence-electron chi connectivity index (χ1n) is 6.65. The minimum atomic E-state index is 0.0807. The van der Waals surface area contributed by atoms with E-state index in [1.807, 2.05) is 25.1 Å². The predicted octanol–water partition coefficient (Wildman–Crippen LogP) is 1.07. The molecule has 0 aromatic heterocycles. The van der Waals surface area contributed by atoms with Gasteiger partial charge in [-0.05, 0) is 24.6 Å². The Hall–Kier alpha value is -1.75. The van der Waals surface area contributed by atoms with Crippen LogP contribution in [-0.2, 0) is 11.3 Å². The maximum Gasteiger partial charge on any atom is 0.221 e. The molecule has 0 aliphatic carbocycles. The van der Waals surface area contributed by atoms with Gasteiger partial charge >= 0.3 is 0 Å². The van der Waals surface area contributed by atoms with Crippen LogP contribution in [0.25, 0.3) is 0 Å². The van der Waals surface area contributed by atoms with E-state index >= 15 is 0 Å². The molecule has 1 heterocycles. The number of amides is 1. The normalized spacial score (nSPS) is 13.1. The second-order valence-corrected chi connectivity index (χ2v) is 4.36. The van der Waals surface area contributed by atoms with Crippen LogP contribution in [0.3, 0.4) is 0 Å². The molecule has 5 heteroatoms. The van der Waals surface area contributed by atoms with Gasteiger partial charge in [0.15, 0.2) is 11.5 Å². The van der Waals surface area contributed by atoms with Crippen molar-refractivity contribution in [3.05, 3.63) is 23.8 Å². The van der Waals surface area contributed by atoms with Gasteiger partial charge in [0, 0.05) is 26.1 Å². The minimum Gasteiger partial charge on any atom is -0.486 e. The van der Waals surface area contributed by atoms with Crippen LogP contribution in [0.2, 0.25) is 0 Å². The van der Waals surface area contributed by atoms with E-state index < -0.39 is 0 Å². The summed E-state index contributed by atoms with van der Waals surface area (Å²) >= 11 is 0. The van der Waals surface area contributed by atoms with Crippen molar-refractivity contribution in [2.24, 2.45) is 0 Å². The highest BCUT2D eigenvalue weighted by molar-refractivity contribution is 5.75. The van der Waals surface area contributed by atoms with Crippen LogP contribution in [0, 0.1) is 0 Å². The monoisotopic (exact) mass is 264 g/mol. The van der Waals surface area contributed by atoms with Crippen LogP contribution in [0.1, 0.15) is 18.9 Å². The second kappa shape index (κ2) is 6.99. The molecule has 2 rings (SSSR count). The first-order chi connectivity index (χ1) is 9.29. The van der Waals surface area contributed by atoms with Crippen molar-refractivity contribution in [1.82, 2.24) is 10.6 Å². The topological polar surface area (TPSA) is 59.6 Å². The molecule has 0 radical (unpaired) electrons. The standard InChI is InChI=1S/C14H20N2O3/c1-2-16-14(17)5-6-15-10-11-3-4-12-13(9-11)19-8-7-18-12/h3-4,9,15H,2,5-8,10H2,1H3,(H,16,17). The van der Waals surface area contributed by atoms with E-state index in [4.69, 9.17) is 9.47 Å². The molecule has 0 saturated heterocycles. The third-order valence-electron chi connectivity index (χ3n) is 2.84. The number of rotatable bonds is 6. The summed E-state index contributed by atoms with van der Waals surface area (Å²) < 4.78 is 11.0. The zero-order valence-corrected chi connectivity index (χ0v) is 11.2. The number of carbonyl (C=O) groups is 1. The van der Waals surface area contributed by atoms with Gasteiger partial charge < -0.3 is 20.1 Å². The highest BCUT2D eigenvalue weighted by atomic mass is 16.6. The Morgan fingerprint density at radius 2 is 2.05 bits per heavy atom. The Morgan fingerprint density at radius 3 is 2.84 bits per heavy atom. The molecule has 0 fully saturated rings. The lowest BCUT2D eigenvalue weighted by atomic mass is 10.2. The maximum absolute atomic E-state index is 11.3. The van der Waals surface area contributed by atoms with E-state index in [0.717, 1.165) is 23.6 Å². The zero-order valence-electron chi connectivity index (χ0n) is 11.2. The molecule has 0 saturated carbocycles. The molecule has 5 nitrogen and oxygen atoms in total. The third-order valence-corrected chi connectivity index (χ3v) is 2.84. The van der Waals surface area contributed by atoms with Gasteiger partial charge in [-0.2, -0.15) is 0 Å². The SMILES string of the molecule is CCNC(=O)CCNCc1ccc2c(c1)OCCO2. The fraction of sp³-hybridized carbons (Fsp3) is 0.500. The van der Waals surface area contributed by atoms with Gasteiger partial charge in [-0.3, -0.25) is 4.79 Å². The average molecular weight is 264 g/mol. The summed E-state index contributed by atoms with van der Waals surface area (Å²) in [5, 5.41) is 6.01. The fourth-order valence-electron chi connectivity index (χ4n) is 1.92. The van der Waals surface area contributed by atoms with Crippen molar-refractivity contribution >= 4 is 5.91 Å². The molecule has 2 N–H and O–H groups in total. The van der Waals surface area contributed by atoms with Crippen LogP contribution in [0.4, 0.5) is 0 Å². The summed E-state index contributed by atoms with van der Waals surface area (Å²) in [6, 6.07) is 5.91. The van der Waals surface area contributed by atoms with Crippen molar-refractivity contribution in [1.29, 1.82) is 0 Å². The largest absolute Gasteiger partial charge is 0.486 e. The number of nitrogens with one attached hydrogen (secondary N) is 2. The van der Waals surface area contributed by atoms with Crippen LogP contribution < -0.4 is 20.1 Å². The Morgan fingerprint density at radius 1 is 1.26 bits per heavy atom. The van der Waals surface area contributed by atoms with Crippen molar-refractivity contribution in [3.63, 3.8) is 0 Å². The Labute approximate surface area is 113 Å². The van der Waals surface area contributed by atoms with Gasteiger partial charge in [0.1, 0.15) is 13.2 Å². The van der Waals surface area contributed by atoms with Gasteiger partial charge in [-0.25, -0.2) is 0 Å². The van der Waals surface area contributed by atoms with Crippen LogP contribution in [0.15, 0.2) is 18.2 Å². The van der Waals surface area contributed by atoms with E-state index in [-0.39, 0.29) is 5.91 Å². The number of ether oxygens (including phenoxy) is 2. The maximum atomic E-state index is 11.3. The van der Waals surface area contributed by atoms with E-state index in [0.29, 0.717) is 32.7 Å². The summed E-state index contributed by atoms with van der Waals surface area (Å²) in [5.41, 5.74) is 1.13. The van der Waals surface area contributed by atoms with E-state index in [2.05, 4.69) is 10.6 Å². The molecule has 19 heavy (non-hydrogen) atoms. The molecule has 1 aromatic rings. The number of carbonyl (C=O) groups excluding carboxylic acids is 1. The van der Waals surface area contributed by atoms with Crippen molar-refractivity contribution in [2.75, 3.05) is 26.3 Å². The molecule has 1 aromatic carbocycles. The first kappa shape index (κ1) is 13.7. The fourth-order valence-corrected chi connectivity index (χ4v) is 1.92. The number of hydrogen-bond acceptors (Lipinski definition) is 4. The van der Waals surface area contributed by atoms with E-state index in [1.54, 1.807) is 0 Å². The summed E-state index contributed by atoms with van der Waals surface area (Å²) in [7, 11) is 0. The number of hydrogen-bond donors (Lipinski definition) is 2. The lowest BCUT2D eigenvalue weighted by Gasteiger charge is -2.19. The molecule has 1 amide bonds. The molecule has 1 aliphatic heterocycles. The molecule has 0 spiro atoms. The molecule has 0 unspecified atom stereocenters.